The van der Waals surface area contributed by atoms with Gasteiger partial charge in [0.2, 0.25) is 0 Å². The zero-order chi connectivity index (χ0) is 20.9. The van der Waals surface area contributed by atoms with Crippen LogP contribution in [0.1, 0.15) is 0 Å². The Hall–Kier alpha value is -4.53. The number of carbonyl (C=O) groups is 1. The molecule has 0 fully saturated rings. The van der Waals surface area contributed by atoms with Gasteiger partial charge >= 0.3 is 6.03 Å². The fraction of sp³-hybridized carbons (Fsp3) is 0. The molecule has 0 aliphatic rings. The Morgan fingerprint density at radius 1 is 0.867 bits per heavy atom. The van der Waals surface area contributed by atoms with Crippen molar-refractivity contribution in [2.45, 2.75) is 0 Å². The molecule has 30 heavy (non-hydrogen) atoms. The number of amides is 2. The Balaban J connectivity index is 1.49. The van der Waals surface area contributed by atoms with Crippen LogP contribution in [0, 0.1) is 10.1 Å². The number of para-hydroxylation sites is 1. The van der Waals surface area contributed by atoms with E-state index in [1.165, 1.54) is 12.1 Å². The van der Waals surface area contributed by atoms with Crippen LogP contribution in [0.5, 0.6) is 0 Å². The molecule has 0 saturated carbocycles. The van der Waals surface area contributed by atoms with Gasteiger partial charge in [0.05, 0.1) is 22.5 Å². The van der Waals surface area contributed by atoms with Gasteiger partial charge in [-0.05, 0) is 36.4 Å². The third-order valence-electron chi connectivity index (χ3n) is 4.32. The standard InChI is InChI=1S/C21H16N6O3/c28-21(23-16-4-2-1-3-5-16)24-17-8-6-15(7-9-17)20-14-22-25-26(20)18-10-12-19(13-11-18)27(29)30/h1-14H,(H2,23,24,28). The molecule has 2 N–H and O–H groups in total. The predicted molar refractivity (Wildman–Crippen MR) is 113 cm³/mol. The van der Waals surface area contributed by atoms with E-state index in [-0.39, 0.29) is 11.7 Å². The van der Waals surface area contributed by atoms with E-state index < -0.39 is 4.92 Å². The number of anilines is 2. The van der Waals surface area contributed by atoms with Gasteiger partial charge in [-0.3, -0.25) is 10.1 Å². The molecule has 0 unspecified atom stereocenters. The van der Waals surface area contributed by atoms with Gasteiger partial charge in [0, 0.05) is 29.1 Å². The summed E-state index contributed by atoms with van der Waals surface area (Å²) in [7, 11) is 0. The Kier molecular flexibility index (Phi) is 5.16. The molecule has 0 radical (unpaired) electrons. The van der Waals surface area contributed by atoms with Crippen molar-refractivity contribution in [3.05, 3.63) is 95.2 Å². The number of nitro benzene ring substituents is 1. The van der Waals surface area contributed by atoms with Crippen molar-refractivity contribution in [1.82, 2.24) is 15.0 Å². The normalized spacial score (nSPS) is 10.4. The molecule has 4 aromatic rings. The second-order valence-electron chi connectivity index (χ2n) is 6.33. The van der Waals surface area contributed by atoms with Gasteiger partial charge in [-0.1, -0.05) is 35.5 Å². The zero-order valence-electron chi connectivity index (χ0n) is 15.6. The highest BCUT2D eigenvalue weighted by atomic mass is 16.6. The van der Waals surface area contributed by atoms with E-state index >= 15 is 0 Å². The minimum Gasteiger partial charge on any atom is -0.308 e. The molecule has 0 spiro atoms. The van der Waals surface area contributed by atoms with E-state index in [1.54, 1.807) is 47.3 Å². The number of urea groups is 1. The molecule has 9 heteroatoms. The molecule has 0 aliphatic heterocycles. The summed E-state index contributed by atoms with van der Waals surface area (Å²) in [6.45, 7) is 0. The van der Waals surface area contributed by atoms with Gasteiger partial charge in [-0.2, -0.15) is 0 Å². The van der Waals surface area contributed by atoms with Crippen molar-refractivity contribution in [3.8, 4) is 16.9 Å². The number of hydrogen-bond acceptors (Lipinski definition) is 5. The highest BCUT2D eigenvalue weighted by Gasteiger charge is 2.11. The highest BCUT2D eigenvalue weighted by molar-refractivity contribution is 5.99. The highest BCUT2D eigenvalue weighted by Crippen LogP contribution is 2.24. The van der Waals surface area contributed by atoms with Gasteiger partial charge in [-0.25, -0.2) is 9.48 Å². The van der Waals surface area contributed by atoms with Crippen LogP contribution in [-0.2, 0) is 0 Å². The first-order valence-corrected chi connectivity index (χ1v) is 8.99. The number of hydrogen-bond donors (Lipinski definition) is 2. The van der Waals surface area contributed by atoms with Crippen molar-refractivity contribution in [1.29, 1.82) is 0 Å². The summed E-state index contributed by atoms with van der Waals surface area (Å²) in [6.07, 6.45) is 1.60. The molecule has 1 heterocycles. The SMILES string of the molecule is O=C(Nc1ccccc1)Nc1ccc(-c2cnnn2-c2ccc([N+](=O)[O-])cc2)cc1. The first-order valence-electron chi connectivity index (χ1n) is 8.99. The van der Waals surface area contributed by atoms with Crippen molar-refractivity contribution >= 4 is 23.1 Å². The van der Waals surface area contributed by atoms with Gasteiger partial charge < -0.3 is 10.6 Å². The summed E-state index contributed by atoms with van der Waals surface area (Å²) in [6, 6.07) is 22.1. The topological polar surface area (TPSA) is 115 Å². The monoisotopic (exact) mass is 400 g/mol. The second kappa shape index (κ2) is 8.23. The largest absolute Gasteiger partial charge is 0.323 e. The van der Waals surface area contributed by atoms with Gasteiger partial charge in [0.15, 0.2) is 0 Å². The van der Waals surface area contributed by atoms with Crippen LogP contribution >= 0.6 is 0 Å². The lowest BCUT2D eigenvalue weighted by Gasteiger charge is -2.09. The molecule has 2 amide bonds. The average Bonchev–Trinajstić information content (AvgIpc) is 3.25. The molecule has 0 atom stereocenters. The minimum absolute atomic E-state index is 0.00428. The molecule has 4 rings (SSSR count). The van der Waals surface area contributed by atoms with Crippen LogP contribution in [0.2, 0.25) is 0 Å². The summed E-state index contributed by atoms with van der Waals surface area (Å²) in [5, 5.41) is 24.4. The molecule has 1 aromatic heterocycles. The van der Waals surface area contributed by atoms with Gasteiger partial charge in [0.25, 0.3) is 5.69 Å². The molecule has 0 saturated heterocycles. The second-order valence-corrected chi connectivity index (χ2v) is 6.33. The first-order chi connectivity index (χ1) is 14.6. The maximum atomic E-state index is 12.1. The summed E-state index contributed by atoms with van der Waals surface area (Å²) >= 11 is 0. The molecular weight excluding hydrogens is 384 g/mol. The van der Waals surface area contributed by atoms with E-state index in [9.17, 15) is 14.9 Å². The fourth-order valence-corrected chi connectivity index (χ4v) is 2.88. The maximum absolute atomic E-state index is 12.1. The Morgan fingerprint density at radius 3 is 2.13 bits per heavy atom. The molecular formula is C21H16N6O3. The van der Waals surface area contributed by atoms with Gasteiger partial charge in [-0.15, -0.1) is 5.10 Å². The number of non-ortho nitro benzene ring substituents is 1. The Morgan fingerprint density at radius 2 is 1.50 bits per heavy atom. The van der Waals surface area contributed by atoms with Crippen LogP contribution in [0.15, 0.2) is 85.1 Å². The fourth-order valence-electron chi connectivity index (χ4n) is 2.88. The van der Waals surface area contributed by atoms with Crippen LogP contribution < -0.4 is 10.6 Å². The number of nitrogens with one attached hydrogen (secondary N) is 2. The Bertz CT molecular complexity index is 1170. The average molecular weight is 400 g/mol. The number of benzene rings is 3. The third-order valence-corrected chi connectivity index (χ3v) is 4.32. The lowest BCUT2D eigenvalue weighted by atomic mass is 10.1. The summed E-state index contributed by atoms with van der Waals surface area (Å²) in [4.78, 5) is 22.5. The van der Waals surface area contributed by atoms with Crippen LogP contribution in [-0.4, -0.2) is 25.9 Å². The van der Waals surface area contributed by atoms with Crippen molar-refractivity contribution < 1.29 is 9.72 Å². The molecule has 0 aliphatic carbocycles. The molecule has 3 aromatic carbocycles. The van der Waals surface area contributed by atoms with E-state index in [1.807, 2.05) is 30.3 Å². The molecule has 0 bridgehead atoms. The predicted octanol–water partition coefficient (Wildman–Crippen LogP) is 4.49. The summed E-state index contributed by atoms with van der Waals surface area (Å²) in [5.41, 5.74) is 3.52. The number of carbonyl (C=O) groups excluding carboxylic acids is 1. The smallest absolute Gasteiger partial charge is 0.308 e. The van der Waals surface area contributed by atoms with E-state index in [2.05, 4.69) is 20.9 Å². The summed E-state index contributed by atoms with van der Waals surface area (Å²) in [5.74, 6) is 0. The molecule has 9 nitrogen and oxygen atoms in total. The Labute approximate surface area is 171 Å². The van der Waals surface area contributed by atoms with Gasteiger partial charge in [0.1, 0.15) is 0 Å². The van der Waals surface area contributed by atoms with Crippen LogP contribution in [0.4, 0.5) is 21.9 Å². The molecule has 148 valence electrons. The number of rotatable bonds is 5. The van der Waals surface area contributed by atoms with Crippen molar-refractivity contribution in [2.75, 3.05) is 10.6 Å². The number of aromatic nitrogens is 3. The first kappa shape index (κ1) is 18.8. The number of nitro groups is 1. The van der Waals surface area contributed by atoms with Crippen molar-refractivity contribution in [3.63, 3.8) is 0 Å². The van der Waals surface area contributed by atoms with Crippen molar-refractivity contribution in [2.24, 2.45) is 0 Å². The van der Waals surface area contributed by atoms with Crippen LogP contribution in [0.3, 0.4) is 0 Å². The lowest BCUT2D eigenvalue weighted by Crippen LogP contribution is -2.19. The van der Waals surface area contributed by atoms with E-state index in [0.29, 0.717) is 22.8 Å². The third kappa shape index (κ3) is 4.14. The van der Waals surface area contributed by atoms with Crippen LogP contribution in [0.25, 0.3) is 16.9 Å². The van der Waals surface area contributed by atoms with E-state index in [0.717, 1.165) is 5.56 Å². The quantitative estimate of drug-likeness (QED) is 0.378. The number of nitrogens with zero attached hydrogens (tertiary/aromatic N) is 4. The lowest BCUT2D eigenvalue weighted by molar-refractivity contribution is -0.384. The summed E-state index contributed by atoms with van der Waals surface area (Å²) < 4.78 is 1.59. The zero-order valence-corrected chi connectivity index (χ0v) is 15.6. The van der Waals surface area contributed by atoms with E-state index in [4.69, 9.17) is 0 Å². The minimum atomic E-state index is -0.453. The maximum Gasteiger partial charge on any atom is 0.323 e.